The molecule has 0 bridgehead atoms. The van der Waals surface area contributed by atoms with Crippen LogP contribution in [0.1, 0.15) is 35.3 Å². The van der Waals surface area contributed by atoms with Crippen LogP contribution in [-0.4, -0.2) is 35.5 Å². The monoisotopic (exact) mass is 504 g/mol. The molecule has 0 aliphatic carbocycles. The summed E-state index contributed by atoms with van der Waals surface area (Å²) in [6.07, 6.45) is 0.685. The standard InChI is InChI=1S/C26H24N4O7/c1-4-17-9-5-7-11-20(17)27-24(31)25(32)29-28-16(2)18-13-14-22(23(15-18)36-3)37-26(33)19-10-6-8-12-21(19)30(34)35/h5-15H,4H2,1-3H3,(H,27,31)(H,29,32). The molecule has 37 heavy (non-hydrogen) atoms. The number of methoxy groups -OCH3 is 1. The zero-order chi connectivity index (χ0) is 26.9. The topological polar surface area (TPSA) is 149 Å². The van der Waals surface area contributed by atoms with Crippen LogP contribution in [0, 0.1) is 10.1 Å². The summed E-state index contributed by atoms with van der Waals surface area (Å²) in [6.45, 7) is 3.53. The minimum absolute atomic E-state index is 0.0280. The Bertz CT molecular complexity index is 1380. The van der Waals surface area contributed by atoms with Gasteiger partial charge in [-0.25, -0.2) is 10.2 Å². The fourth-order valence-electron chi connectivity index (χ4n) is 3.32. The molecule has 0 aliphatic heterocycles. The smallest absolute Gasteiger partial charge is 0.350 e. The van der Waals surface area contributed by atoms with Crippen molar-refractivity contribution in [1.82, 2.24) is 5.43 Å². The lowest BCUT2D eigenvalue weighted by molar-refractivity contribution is -0.385. The first-order valence-electron chi connectivity index (χ1n) is 11.1. The third kappa shape index (κ3) is 6.54. The molecule has 3 aromatic carbocycles. The number of esters is 1. The highest BCUT2D eigenvalue weighted by Crippen LogP contribution is 2.30. The number of nitrogens with zero attached hydrogens (tertiary/aromatic N) is 2. The van der Waals surface area contributed by atoms with E-state index >= 15 is 0 Å². The number of hydrazone groups is 1. The number of ether oxygens (including phenoxy) is 2. The Hall–Kier alpha value is -5.06. The van der Waals surface area contributed by atoms with E-state index in [4.69, 9.17) is 9.47 Å². The maximum atomic E-state index is 12.5. The summed E-state index contributed by atoms with van der Waals surface area (Å²) in [5, 5.41) is 17.7. The van der Waals surface area contributed by atoms with Gasteiger partial charge >= 0.3 is 17.8 Å². The maximum Gasteiger partial charge on any atom is 0.350 e. The van der Waals surface area contributed by atoms with Gasteiger partial charge in [-0.2, -0.15) is 5.10 Å². The van der Waals surface area contributed by atoms with E-state index in [0.29, 0.717) is 23.4 Å². The number of hydrogen-bond donors (Lipinski definition) is 2. The van der Waals surface area contributed by atoms with E-state index in [1.165, 1.54) is 43.5 Å². The molecule has 0 radical (unpaired) electrons. The number of hydrogen-bond acceptors (Lipinski definition) is 8. The van der Waals surface area contributed by atoms with Crippen molar-refractivity contribution in [2.24, 2.45) is 5.10 Å². The van der Waals surface area contributed by atoms with Crippen LogP contribution < -0.4 is 20.2 Å². The Balaban J connectivity index is 1.71. The average Bonchev–Trinajstić information content (AvgIpc) is 2.91. The third-order valence-corrected chi connectivity index (χ3v) is 5.28. The number of nitro groups is 1. The molecule has 3 rings (SSSR count). The lowest BCUT2D eigenvalue weighted by Crippen LogP contribution is -2.33. The van der Waals surface area contributed by atoms with E-state index < -0.39 is 22.7 Å². The fourth-order valence-corrected chi connectivity index (χ4v) is 3.32. The first kappa shape index (κ1) is 26.5. The van der Waals surface area contributed by atoms with Crippen molar-refractivity contribution in [3.8, 4) is 11.5 Å². The highest BCUT2D eigenvalue weighted by Gasteiger charge is 2.22. The van der Waals surface area contributed by atoms with Gasteiger partial charge in [-0.05, 0) is 49.2 Å². The molecule has 2 amide bonds. The molecule has 0 heterocycles. The number of carbonyl (C=O) groups is 3. The zero-order valence-corrected chi connectivity index (χ0v) is 20.3. The van der Waals surface area contributed by atoms with E-state index in [-0.39, 0.29) is 22.7 Å². The molecule has 0 saturated carbocycles. The Kier molecular flexibility index (Phi) is 8.66. The van der Waals surface area contributed by atoms with Crippen molar-refractivity contribution >= 4 is 34.9 Å². The minimum Gasteiger partial charge on any atom is -0.493 e. The molecule has 190 valence electrons. The van der Waals surface area contributed by atoms with E-state index in [9.17, 15) is 24.5 Å². The van der Waals surface area contributed by atoms with E-state index in [0.717, 1.165) is 5.56 Å². The Labute approximate surface area is 212 Å². The molecule has 0 saturated heterocycles. The van der Waals surface area contributed by atoms with E-state index in [2.05, 4.69) is 15.8 Å². The minimum atomic E-state index is -0.952. The number of nitrogens with one attached hydrogen (secondary N) is 2. The number of rotatable bonds is 8. The number of nitro benzene ring substituents is 1. The summed E-state index contributed by atoms with van der Waals surface area (Å²) < 4.78 is 10.6. The second-order valence-corrected chi connectivity index (χ2v) is 7.63. The van der Waals surface area contributed by atoms with Gasteiger partial charge in [-0.15, -0.1) is 0 Å². The number of amides is 2. The average molecular weight is 504 g/mol. The van der Waals surface area contributed by atoms with Crippen molar-refractivity contribution in [2.75, 3.05) is 12.4 Å². The fraction of sp³-hybridized carbons (Fsp3) is 0.154. The summed E-state index contributed by atoms with van der Waals surface area (Å²) in [5.41, 5.74) is 3.88. The van der Waals surface area contributed by atoms with Crippen molar-refractivity contribution in [3.05, 3.63) is 93.5 Å². The van der Waals surface area contributed by atoms with Gasteiger partial charge in [-0.3, -0.25) is 19.7 Å². The maximum absolute atomic E-state index is 12.5. The van der Waals surface area contributed by atoms with Gasteiger partial charge in [0.05, 0.1) is 17.7 Å². The quantitative estimate of drug-likeness (QED) is 0.118. The van der Waals surface area contributed by atoms with Crippen molar-refractivity contribution in [1.29, 1.82) is 0 Å². The first-order valence-corrected chi connectivity index (χ1v) is 11.1. The number of aryl methyl sites for hydroxylation is 1. The van der Waals surface area contributed by atoms with Gasteiger partial charge in [0.1, 0.15) is 5.56 Å². The second kappa shape index (κ2) is 12.1. The molecule has 0 unspecified atom stereocenters. The molecule has 0 aromatic heterocycles. The van der Waals surface area contributed by atoms with Crippen LogP contribution in [0.5, 0.6) is 11.5 Å². The summed E-state index contributed by atoms with van der Waals surface area (Å²) in [5.74, 6) is -2.56. The van der Waals surface area contributed by atoms with Gasteiger partial charge in [-0.1, -0.05) is 37.3 Å². The predicted octanol–water partition coefficient (Wildman–Crippen LogP) is 3.86. The molecule has 0 fully saturated rings. The number of benzene rings is 3. The Morgan fingerprint density at radius 1 is 0.973 bits per heavy atom. The van der Waals surface area contributed by atoms with Crippen LogP contribution in [0.15, 0.2) is 71.8 Å². The molecule has 0 spiro atoms. The normalized spacial score (nSPS) is 10.8. The highest BCUT2D eigenvalue weighted by molar-refractivity contribution is 6.39. The summed E-state index contributed by atoms with van der Waals surface area (Å²) in [6, 6.07) is 17.1. The van der Waals surface area contributed by atoms with Crippen molar-refractivity contribution in [3.63, 3.8) is 0 Å². The summed E-state index contributed by atoms with van der Waals surface area (Å²) in [7, 11) is 1.36. The first-order chi connectivity index (χ1) is 17.7. The van der Waals surface area contributed by atoms with Crippen LogP contribution >= 0.6 is 0 Å². The second-order valence-electron chi connectivity index (χ2n) is 7.63. The summed E-state index contributed by atoms with van der Waals surface area (Å²) in [4.78, 5) is 47.6. The van der Waals surface area contributed by atoms with Gasteiger partial charge in [0, 0.05) is 17.3 Å². The van der Waals surface area contributed by atoms with Gasteiger partial charge < -0.3 is 14.8 Å². The lowest BCUT2D eigenvalue weighted by atomic mass is 10.1. The predicted molar refractivity (Wildman–Crippen MR) is 136 cm³/mol. The van der Waals surface area contributed by atoms with E-state index in [1.807, 2.05) is 19.1 Å². The molecule has 0 aliphatic rings. The Morgan fingerprint density at radius 2 is 1.68 bits per heavy atom. The molecule has 2 N–H and O–H groups in total. The third-order valence-electron chi connectivity index (χ3n) is 5.28. The largest absolute Gasteiger partial charge is 0.493 e. The zero-order valence-electron chi connectivity index (χ0n) is 20.3. The van der Waals surface area contributed by atoms with Crippen LogP contribution in [0.3, 0.4) is 0 Å². The van der Waals surface area contributed by atoms with Crippen molar-refractivity contribution in [2.45, 2.75) is 20.3 Å². The Morgan fingerprint density at radius 3 is 2.38 bits per heavy atom. The molecular weight excluding hydrogens is 480 g/mol. The van der Waals surface area contributed by atoms with Crippen LogP contribution in [0.2, 0.25) is 0 Å². The molecule has 11 nitrogen and oxygen atoms in total. The molecular formula is C26H24N4O7. The van der Waals surface area contributed by atoms with Gasteiger partial charge in [0.25, 0.3) is 5.69 Å². The molecule has 3 aromatic rings. The SMILES string of the molecule is CCc1ccccc1NC(=O)C(=O)NN=C(C)c1ccc(OC(=O)c2ccccc2[N+](=O)[O-])c(OC)c1. The van der Waals surface area contributed by atoms with E-state index in [1.54, 1.807) is 25.1 Å². The van der Waals surface area contributed by atoms with Crippen LogP contribution in [0.25, 0.3) is 0 Å². The molecule has 11 heteroatoms. The van der Waals surface area contributed by atoms with Crippen LogP contribution in [-0.2, 0) is 16.0 Å². The number of carbonyl (C=O) groups excluding carboxylic acids is 3. The number of anilines is 1. The lowest BCUT2D eigenvalue weighted by Gasteiger charge is -2.11. The highest BCUT2D eigenvalue weighted by atomic mass is 16.6. The van der Waals surface area contributed by atoms with Crippen molar-refractivity contribution < 1.29 is 28.8 Å². The summed E-state index contributed by atoms with van der Waals surface area (Å²) >= 11 is 0. The number of para-hydroxylation sites is 2. The van der Waals surface area contributed by atoms with Crippen LogP contribution in [0.4, 0.5) is 11.4 Å². The van der Waals surface area contributed by atoms with Gasteiger partial charge in [0.2, 0.25) is 0 Å². The molecule has 0 atom stereocenters. The van der Waals surface area contributed by atoms with Gasteiger partial charge in [0.15, 0.2) is 11.5 Å².